The number of nitrogens with one attached hydrogen (secondary N) is 1. The van der Waals surface area contributed by atoms with E-state index < -0.39 is 17.5 Å². The lowest BCUT2D eigenvalue weighted by Gasteiger charge is -2.04. The van der Waals surface area contributed by atoms with Gasteiger partial charge in [-0.3, -0.25) is 4.79 Å². The first kappa shape index (κ1) is 17.5. The van der Waals surface area contributed by atoms with E-state index in [9.17, 15) is 13.6 Å². The van der Waals surface area contributed by atoms with Crippen LogP contribution in [0, 0.1) is 18.6 Å². The van der Waals surface area contributed by atoms with Crippen LogP contribution in [0.1, 0.15) is 20.2 Å². The third-order valence-corrected chi connectivity index (χ3v) is 4.78. The Morgan fingerprint density at radius 1 is 1.20 bits per heavy atom. The number of thiazole rings is 1. The molecule has 1 heterocycles. The highest BCUT2D eigenvalue weighted by atomic mass is 35.5. The molecule has 0 aliphatic rings. The van der Waals surface area contributed by atoms with Crippen molar-refractivity contribution in [2.75, 3.05) is 0 Å². The number of benzene rings is 2. The highest BCUT2D eigenvalue weighted by Gasteiger charge is 2.16. The number of rotatable bonds is 4. The predicted molar refractivity (Wildman–Crippen MR) is 94.8 cm³/mol. The van der Waals surface area contributed by atoms with E-state index in [4.69, 9.17) is 11.6 Å². The van der Waals surface area contributed by atoms with Crippen molar-refractivity contribution < 1.29 is 13.6 Å². The van der Waals surface area contributed by atoms with Gasteiger partial charge in [0.2, 0.25) is 0 Å². The first-order chi connectivity index (χ1) is 12.0. The minimum atomic E-state index is -1.16. The summed E-state index contributed by atoms with van der Waals surface area (Å²) in [6.45, 7) is 2.06. The van der Waals surface area contributed by atoms with E-state index in [1.165, 1.54) is 23.5 Å². The Morgan fingerprint density at radius 3 is 2.64 bits per heavy atom. The van der Waals surface area contributed by atoms with Crippen molar-refractivity contribution in [3.05, 3.63) is 74.6 Å². The van der Waals surface area contributed by atoms with Gasteiger partial charge in [0.25, 0.3) is 5.91 Å². The predicted octanol–water partition coefficient (Wildman–Crippen LogP) is 4.98. The second-order valence-electron chi connectivity index (χ2n) is 5.30. The minimum absolute atomic E-state index is 0.133. The smallest absolute Gasteiger partial charge is 0.254 e. The van der Waals surface area contributed by atoms with Crippen molar-refractivity contribution >= 4 is 28.8 Å². The summed E-state index contributed by atoms with van der Waals surface area (Å²) >= 11 is 7.32. The Hall–Kier alpha value is -2.31. The van der Waals surface area contributed by atoms with E-state index in [0.717, 1.165) is 22.2 Å². The molecule has 0 saturated heterocycles. The Bertz CT molecular complexity index is 925. The van der Waals surface area contributed by atoms with Crippen LogP contribution >= 0.6 is 22.9 Å². The average molecular weight is 379 g/mol. The van der Waals surface area contributed by atoms with E-state index in [1.54, 1.807) is 12.1 Å². The van der Waals surface area contributed by atoms with Crippen molar-refractivity contribution in [2.45, 2.75) is 13.5 Å². The summed E-state index contributed by atoms with van der Waals surface area (Å²) in [4.78, 5) is 17.5. The van der Waals surface area contributed by atoms with Crippen LogP contribution in [0.15, 0.2) is 42.5 Å². The lowest BCUT2D eigenvalue weighted by Crippen LogP contribution is -2.24. The highest BCUT2D eigenvalue weighted by molar-refractivity contribution is 7.12. The van der Waals surface area contributed by atoms with Gasteiger partial charge in [0.1, 0.15) is 5.01 Å². The van der Waals surface area contributed by atoms with Crippen LogP contribution in [-0.4, -0.2) is 10.9 Å². The first-order valence-corrected chi connectivity index (χ1v) is 8.59. The average Bonchev–Trinajstić information content (AvgIpc) is 2.97. The van der Waals surface area contributed by atoms with Crippen molar-refractivity contribution in [3.8, 4) is 11.3 Å². The summed E-state index contributed by atoms with van der Waals surface area (Å²) in [5, 5.41) is 3.88. The maximum absolute atomic E-state index is 13.6. The Kier molecular flexibility index (Phi) is 5.11. The molecule has 1 aromatic heterocycles. The van der Waals surface area contributed by atoms with E-state index in [0.29, 0.717) is 10.0 Å². The normalized spacial score (nSPS) is 10.7. The van der Waals surface area contributed by atoms with Crippen LogP contribution in [-0.2, 0) is 6.54 Å². The largest absolute Gasteiger partial charge is 0.345 e. The van der Waals surface area contributed by atoms with Gasteiger partial charge in [0, 0.05) is 15.5 Å². The number of aromatic nitrogens is 1. The van der Waals surface area contributed by atoms with Gasteiger partial charge in [0.05, 0.1) is 17.8 Å². The zero-order valence-electron chi connectivity index (χ0n) is 13.1. The van der Waals surface area contributed by atoms with Gasteiger partial charge < -0.3 is 5.32 Å². The van der Waals surface area contributed by atoms with Crippen LogP contribution in [0.2, 0.25) is 5.02 Å². The molecule has 7 heteroatoms. The quantitative estimate of drug-likeness (QED) is 0.695. The molecular formula is C18H13ClF2N2OS. The van der Waals surface area contributed by atoms with E-state index in [1.807, 2.05) is 19.1 Å². The molecule has 1 amide bonds. The Labute approximate surface area is 152 Å². The van der Waals surface area contributed by atoms with Gasteiger partial charge in [-0.2, -0.15) is 0 Å². The molecule has 0 unspecified atom stereocenters. The Morgan fingerprint density at radius 2 is 1.92 bits per heavy atom. The lowest BCUT2D eigenvalue weighted by atomic mass is 10.1. The van der Waals surface area contributed by atoms with Gasteiger partial charge in [-0.15, -0.1) is 11.3 Å². The molecule has 25 heavy (non-hydrogen) atoms. The van der Waals surface area contributed by atoms with Gasteiger partial charge in [0.15, 0.2) is 11.6 Å². The van der Waals surface area contributed by atoms with Gasteiger partial charge >= 0.3 is 0 Å². The molecule has 3 nitrogen and oxygen atoms in total. The monoisotopic (exact) mass is 378 g/mol. The zero-order chi connectivity index (χ0) is 18.0. The number of nitrogens with zero attached hydrogens (tertiary/aromatic N) is 1. The lowest BCUT2D eigenvalue weighted by molar-refractivity contribution is 0.0946. The maximum atomic E-state index is 13.6. The number of hydrogen-bond acceptors (Lipinski definition) is 3. The summed E-state index contributed by atoms with van der Waals surface area (Å²) in [7, 11) is 0. The van der Waals surface area contributed by atoms with Crippen molar-refractivity contribution in [1.82, 2.24) is 10.3 Å². The van der Waals surface area contributed by atoms with Crippen LogP contribution in [0.4, 0.5) is 8.78 Å². The molecule has 3 rings (SSSR count). The number of hydrogen-bond donors (Lipinski definition) is 1. The Balaban J connectivity index is 1.74. The van der Waals surface area contributed by atoms with Gasteiger partial charge in [-0.25, -0.2) is 13.8 Å². The fourth-order valence-electron chi connectivity index (χ4n) is 2.33. The van der Waals surface area contributed by atoms with Gasteiger partial charge in [-0.05, 0) is 31.2 Å². The molecule has 2 aromatic carbocycles. The maximum Gasteiger partial charge on any atom is 0.254 e. The molecule has 0 aliphatic heterocycles. The molecule has 0 fully saturated rings. The standard InChI is InChI=1S/C18H13ClF2N2OS/c1-10-17(11-5-7-12(19)8-6-11)23-15(25-10)9-22-18(24)13-3-2-4-14(20)16(13)21/h2-8H,9H2,1H3,(H,22,24). The van der Waals surface area contributed by atoms with E-state index in [-0.39, 0.29) is 12.1 Å². The van der Waals surface area contributed by atoms with Gasteiger partial charge in [-0.1, -0.05) is 29.8 Å². The van der Waals surface area contributed by atoms with E-state index >= 15 is 0 Å². The second kappa shape index (κ2) is 7.29. The molecular weight excluding hydrogens is 366 g/mol. The van der Waals surface area contributed by atoms with Crippen molar-refractivity contribution in [2.24, 2.45) is 0 Å². The molecule has 0 radical (unpaired) electrons. The SMILES string of the molecule is Cc1sc(CNC(=O)c2cccc(F)c2F)nc1-c1ccc(Cl)cc1. The summed E-state index contributed by atoms with van der Waals surface area (Å²) in [6, 6.07) is 10.8. The fraction of sp³-hybridized carbons (Fsp3) is 0.111. The fourth-order valence-corrected chi connectivity index (χ4v) is 3.35. The molecule has 0 bridgehead atoms. The number of carbonyl (C=O) groups is 1. The molecule has 0 saturated carbocycles. The minimum Gasteiger partial charge on any atom is -0.345 e. The summed E-state index contributed by atoms with van der Waals surface area (Å²) in [5.74, 6) is -2.89. The highest BCUT2D eigenvalue weighted by Crippen LogP contribution is 2.28. The van der Waals surface area contributed by atoms with Crippen LogP contribution in [0.5, 0.6) is 0 Å². The number of amides is 1. The molecule has 0 atom stereocenters. The summed E-state index contributed by atoms with van der Waals surface area (Å²) in [6.07, 6.45) is 0. The molecule has 3 aromatic rings. The van der Waals surface area contributed by atoms with Crippen molar-refractivity contribution in [3.63, 3.8) is 0 Å². The first-order valence-electron chi connectivity index (χ1n) is 7.40. The number of carbonyl (C=O) groups excluding carboxylic acids is 1. The van der Waals surface area contributed by atoms with E-state index in [2.05, 4.69) is 10.3 Å². The van der Waals surface area contributed by atoms with Crippen molar-refractivity contribution in [1.29, 1.82) is 0 Å². The topological polar surface area (TPSA) is 42.0 Å². The third-order valence-electron chi connectivity index (χ3n) is 3.55. The molecule has 128 valence electrons. The molecule has 0 aliphatic carbocycles. The number of aryl methyl sites for hydroxylation is 1. The summed E-state index contributed by atoms with van der Waals surface area (Å²) < 4.78 is 26.8. The van der Waals surface area contributed by atoms with Crippen LogP contribution < -0.4 is 5.32 Å². The molecule has 0 spiro atoms. The third kappa shape index (κ3) is 3.86. The summed E-state index contributed by atoms with van der Waals surface area (Å²) in [5.41, 5.74) is 1.40. The number of halogens is 3. The van der Waals surface area contributed by atoms with Crippen LogP contribution in [0.3, 0.4) is 0 Å². The second-order valence-corrected chi connectivity index (χ2v) is 7.03. The van der Waals surface area contributed by atoms with Crippen LogP contribution in [0.25, 0.3) is 11.3 Å². The molecule has 1 N–H and O–H groups in total. The zero-order valence-corrected chi connectivity index (χ0v) is 14.7.